The van der Waals surface area contributed by atoms with Crippen LogP contribution >= 0.6 is 0 Å². The number of rotatable bonds is 3. The molecule has 0 bridgehead atoms. The highest BCUT2D eigenvalue weighted by molar-refractivity contribution is 5.72. The van der Waals surface area contributed by atoms with Crippen LogP contribution in [0.3, 0.4) is 0 Å². The van der Waals surface area contributed by atoms with E-state index in [1.54, 1.807) is 17.9 Å². The highest BCUT2D eigenvalue weighted by Crippen LogP contribution is 2.32. The summed E-state index contributed by atoms with van der Waals surface area (Å²) in [6.07, 6.45) is 2.69. The van der Waals surface area contributed by atoms with Gasteiger partial charge in [-0.15, -0.1) is 0 Å². The van der Waals surface area contributed by atoms with Crippen LogP contribution in [0.5, 0.6) is 5.75 Å². The number of hydrogen-bond donors (Lipinski definition) is 0. The van der Waals surface area contributed by atoms with Gasteiger partial charge >= 0.3 is 0 Å². The highest BCUT2D eigenvalue weighted by atomic mass is 19.1. The van der Waals surface area contributed by atoms with Crippen molar-refractivity contribution in [2.45, 2.75) is 13.3 Å². The second-order valence-electron chi connectivity index (χ2n) is 3.86. The third kappa shape index (κ3) is 2.16. The number of methoxy groups -OCH3 is 1. The Kier molecular flexibility index (Phi) is 3.13. The molecule has 0 radical (unpaired) electrons. The lowest BCUT2D eigenvalue weighted by atomic mass is 10.0. The molecule has 0 saturated carbocycles. The minimum absolute atomic E-state index is 0.272. The van der Waals surface area contributed by atoms with Gasteiger partial charge in [-0.1, -0.05) is 6.92 Å². The van der Waals surface area contributed by atoms with Crippen LogP contribution in [-0.4, -0.2) is 16.9 Å². The number of aromatic nitrogens is 2. The third-order valence-electron chi connectivity index (χ3n) is 2.69. The molecule has 0 aliphatic rings. The zero-order chi connectivity index (χ0) is 12.4. The van der Waals surface area contributed by atoms with Crippen LogP contribution in [0.25, 0.3) is 11.1 Å². The molecule has 0 aliphatic heterocycles. The summed E-state index contributed by atoms with van der Waals surface area (Å²) < 4.78 is 20.3. The van der Waals surface area contributed by atoms with Gasteiger partial charge in [0.25, 0.3) is 0 Å². The van der Waals surface area contributed by atoms with E-state index in [9.17, 15) is 4.39 Å². The lowest BCUT2D eigenvalue weighted by Crippen LogP contribution is -1.91. The molecular weight excluding hydrogens is 219 g/mol. The Bertz CT molecular complexity index is 534. The molecule has 2 aromatic rings. The Labute approximate surface area is 99.8 Å². The molecule has 90 valence electrons. The summed E-state index contributed by atoms with van der Waals surface area (Å²) in [7, 11) is 3.44. The number of aryl methyl sites for hydroxylation is 2. The average molecular weight is 234 g/mol. The van der Waals surface area contributed by atoms with Crippen molar-refractivity contribution < 1.29 is 9.13 Å². The van der Waals surface area contributed by atoms with Crippen molar-refractivity contribution in [3.05, 3.63) is 35.9 Å². The molecule has 1 aromatic heterocycles. The van der Waals surface area contributed by atoms with Gasteiger partial charge in [0, 0.05) is 24.4 Å². The molecule has 0 fully saturated rings. The quantitative estimate of drug-likeness (QED) is 0.816. The molecule has 17 heavy (non-hydrogen) atoms. The summed E-state index contributed by atoms with van der Waals surface area (Å²) in [6, 6.07) is 4.51. The van der Waals surface area contributed by atoms with E-state index >= 15 is 0 Å². The average Bonchev–Trinajstić information content (AvgIpc) is 2.70. The van der Waals surface area contributed by atoms with Gasteiger partial charge in [-0.25, -0.2) is 4.39 Å². The molecule has 0 atom stereocenters. The third-order valence-corrected chi connectivity index (χ3v) is 2.69. The topological polar surface area (TPSA) is 27.1 Å². The number of hydrogen-bond acceptors (Lipinski definition) is 2. The summed E-state index contributed by atoms with van der Waals surface area (Å²) in [5.41, 5.74) is 2.61. The summed E-state index contributed by atoms with van der Waals surface area (Å²) in [5.74, 6) is 0.390. The van der Waals surface area contributed by atoms with Crippen LogP contribution in [0.2, 0.25) is 0 Å². The fourth-order valence-corrected chi connectivity index (χ4v) is 1.91. The van der Waals surface area contributed by atoms with Crippen molar-refractivity contribution in [2.24, 2.45) is 7.05 Å². The van der Waals surface area contributed by atoms with Crippen LogP contribution in [0, 0.1) is 5.82 Å². The standard InChI is InChI=1S/C13H15FN2O/c1-4-12-11(8-16(2)15-12)10-7-9(14)5-6-13(10)17-3/h5-8H,4H2,1-3H3. The normalized spacial score (nSPS) is 10.6. The summed E-state index contributed by atoms with van der Waals surface area (Å²) in [4.78, 5) is 0. The van der Waals surface area contributed by atoms with Crippen molar-refractivity contribution in [3.8, 4) is 16.9 Å². The second kappa shape index (κ2) is 4.57. The van der Waals surface area contributed by atoms with Gasteiger partial charge in [0.05, 0.1) is 12.8 Å². The molecule has 0 aliphatic carbocycles. The number of benzene rings is 1. The Morgan fingerprint density at radius 1 is 1.35 bits per heavy atom. The molecule has 0 unspecified atom stereocenters. The smallest absolute Gasteiger partial charge is 0.127 e. The van der Waals surface area contributed by atoms with Gasteiger partial charge in [0.2, 0.25) is 0 Å². The molecular formula is C13H15FN2O. The maximum absolute atomic E-state index is 13.3. The lowest BCUT2D eigenvalue weighted by molar-refractivity contribution is 0.415. The first-order valence-corrected chi connectivity index (χ1v) is 5.52. The highest BCUT2D eigenvalue weighted by Gasteiger charge is 2.13. The predicted octanol–water partition coefficient (Wildman–Crippen LogP) is 2.80. The van der Waals surface area contributed by atoms with Crippen LogP contribution in [0.4, 0.5) is 4.39 Å². The minimum atomic E-state index is -0.272. The van der Waals surface area contributed by atoms with E-state index in [-0.39, 0.29) is 5.82 Å². The first kappa shape index (κ1) is 11.6. The Hall–Kier alpha value is -1.84. The first-order chi connectivity index (χ1) is 8.15. The van der Waals surface area contributed by atoms with Crippen molar-refractivity contribution in [3.63, 3.8) is 0 Å². The van der Waals surface area contributed by atoms with E-state index < -0.39 is 0 Å². The Balaban J connectivity index is 2.61. The number of nitrogens with zero attached hydrogens (tertiary/aromatic N) is 2. The van der Waals surface area contributed by atoms with Gasteiger partial charge < -0.3 is 4.74 Å². The SMILES string of the molecule is CCc1nn(C)cc1-c1cc(F)ccc1OC. The molecule has 0 N–H and O–H groups in total. The number of halogens is 1. The minimum Gasteiger partial charge on any atom is -0.496 e. The van der Waals surface area contributed by atoms with Crippen molar-refractivity contribution in [1.82, 2.24) is 9.78 Å². The summed E-state index contributed by atoms with van der Waals surface area (Å²) >= 11 is 0. The molecule has 0 spiro atoms. The van der Waals surface area contributed by atoms with Crippen LogP contribution in [0.1, 0.15) is 12.6 Å². The van der Waals surface area contributed by atoms with E-state index in [1.165, 1.54) is 12.1 Å². The van der Waals surface area contributed by atoms with Crippen molar-refractivity contribution in [1.29, 1.82) is 0 Å². The van der Waals surface area contributed by atoms with Gasteiger partial charge in [-0.2, -0.15) is 5.10 Å². The Morgan fingerprint density at radius 2 is 2.12 bits per heavy atom. The maximum Gasteiger partial charge on any atom is 0.127 e. The molecule has 2 rings (SSSR count). The van der Waals surface area contributed by atoms with E-state index in [2.05, 4.69) is 5.10 Å². The summed E-state index contributed by atoms with van der Waals surface area (Å²) in [6.45, 7) is 2.03. The number of ether oxygens (including phenoxy) is 1. The molecule has 1 aromatic carbocycles. The van der Waals surface area contributed by atoms with Gasteiger partial charge in [0.1, 0.15) is 11.6 Å². The maximum atomic E-state index is 13.3. The zero-order valence-electron chi connectivity index (χ0n) is 10.2. The van der Waals surface area contributed by atoms with Crippen LogP contribution < -0.4 is 4.74 Å². The van der Waals surface area contributed by atoms with E-state index in [1.807, 2.05) is 20.2 Å². The van der Waals surface area contributed by atoms with E-state index in [0.29, 0.717) is 5.75 Å². The van der Waals surface area contributed by atoms with E-state index in [0.717, 1.165) is 23.2 Å². The summed E-state index contributed by atoms with van der Waals surface area (Å²) in [5, 5.41) is 4.35. The molecule has 0 amide bonds. The molecule has 4 heteroatoms. The molecule has 1 heterocycles. The van der Waals surface area contributed by atoms with Crippen LogP contribution in [0.15, 0.2) is 24.4 Å². The second-order valence-corrected chi connectivity index (χ2v) is 3.86. The molecule has 0 saturated heterocycles. The Morgan fingerprint density at radius 3 is 2.76 bits per heavy atom. The van der Waals surface area contributed by atoms with Gasteiger partial charge in [-0.3, -0.25) is 4.68 Å². The zero-order valence-corrected chi connectivity index (χ0v) is 10.2. The first-order valence-electron chi connectivity index (χ1n) is 5.52. The predicted molar refractivity (Wildman–Crippen MR) is 64.5 cm³/mol. The monoisotopic (exact) mass is 234 g/mol. The van der Waals surface area contributed by atoms with Crippen molar-refractivity contribution in [2.75, 3.05) is 7.11 Å². The van der Waals surface area contributed by atoms with Crippen molar-refractivity contribution >= 4 is 0 Å². The fraction of sp³-hybridized carbons (Fsp3) is 0.308. The van der Waals surface area contributed by atoms with Gasteiger partial charge in [-0.05, 0) is 24.6 Å². The lowest BCUT2D eigenvalue weighted by Gasteiger charge is -2.07. The van der Waals surface area contributed by atoms with Gasteiger partial charge in [0.15, 0.2) is 0 Å². The van der Waals surface area contributed by atoms with Crippen LogP contribution in [-0.2, 0) is 13.5 Å². The van der Waals surface area contributed by atoms with E-state index in [4.69, 9.17) is 4.74 Å². The fourth-order valence-electron chi connectivity index (χ4n) is 1.91. The largest absolute Gasteiger partial charge is 0.496 e. The molecule has 3 nitrogen and oxygen atoms in total.